The molecule has 0 amide bonds. The van der Waals surface area contributed by atoms with E-state index in [4.69, 9.17) is 10.7 Å². The first-order valence-electron chi connectivity index (χ1n) is 5.70. The number of nitrogens with zero attached hydrogens (tertiary/aromatic N) is 1. The first-order chi connectivity index (χ1) is 8.88. The van der Waals surface area contributed by atoms with E-state index in [9.17, 15) is 8.42 Å². The molecule has 2 aromatic rings. The van der Waals surface area contributed by atoms with Crippen molar-refractivity contribution < 1.29 is 8.42 Å². The quantitative estimate of drug-likeness (QED) is 0.815. The molecule has 0 aromatic heterocycles. The summed E-state index contributed by atoms with van der Waals surface area (Å²) in [4.78, 5) is 2.13. The molecule has 0 radical (unpaired) electrons. The average Bonchev–Trinajstić information content (AvgIpc) is 2.38. The molecule has 5 heteroatoms. The highest BCUT2D eigenvalue weighted by atomic mass is 35.7. The van der Waals surface area contributed by atoms with E-state index >= 15 is 0 Å². The number of anilines is 1. The van der Waals surface area contributed by atoms with Gasteiger partial charge in [-0.05, 0) is 35.4 Å². The lowest BCUT2D eigenvalue weighted by molar-refractivity contribution is 0.609. The Bertz CT molecular complexity index is 662. The van der Waals surface area contributed by atoms with Crippen LogP contribution in [0.4, 0.5) is 5.69 Å². The lowest BCUT2D eigenvalue weighted by atomic mass is 10.1. The molecule has 0 heterocycles. The molecule has 0 bridgehead atoms. The average molecular weight is 296 g/mol. The Morgan fingerprint density at radius 1 is 0.842 bits per heavy atom. The number of benzene rings is 2. The third kappa shape index (κ3) is 3.28. The first-order valence-corrected chi connectivity index (χ1v) is 8.01. The lowest BCUT2D eigenvalue weighted by Crippen LogP contribution is -2.07. The zero-order valence-corrected chi connectivity index (χ0v) is 12.2. The minimum Gasteiger partial charge on any atom is -0.378 e. The summed E-state index contributed by atoms with van der Waals surface area (Å²) in [5.74, 6) is 0. The molecule has 2 rings (SSSR count). The fourth-order valence-electron chi connectivity index (χ4n) is 1.76. The first kappa shape index (κ1) is 13.9. The Morgan fingerprint density at radius 2 is 1.26 bits per heavy atom. The van der Waals surface area contributed by atoms with Crippen LogP contribution in [-0.2, 0) is 9.05 Å². The van der Waals surface area contributed by atoms with Crippen LogP contribution in [0, 0.1) is 0 Å². The second-order valence-electron chi connectivity index (χ2n) is 4.40. The van der Waals surface area contributed by atoms with Gasteiger partial charge in [-0.1, -0.05) is 24.3 Å². The van der Waals surface area contributed by atoms with Crippen LogP contribution in [0.1, 0.15) is 0 Å². The van der Waals surface area contributed by atoms with Crippen LogP contribution in [0.5, 0.6) is 0 Å². The molecule has 0 N–H and O–H groups in total. The van der Waals surface area contributed by atoms with Crippen molar-refractivity contribution in [3.8, 4) is 11.1 Å². The molecule has 0 saturated carbocycles. The van der Waals surface area contributed by atoms with Crippen molar-refractivity contribution in [3.63, 3.8) is 0 Å². The SMILES string of the molecule is CN(C)c1ccc(-c2ccc(S(=O)(=O)Cl)cc2)cc1. The van der Waals surface area contributed by atoms with Crippen LogP contribution < -0.4 is 4.90 Å². The Labute approximate surface area is 117 Å². The molecular weight excluding hydrogens is 282 g/mol. The van der Waals surface area contributed by atoms with Gasteiger partial charge < -0.3 is 4.90 Å². The topological polar surface area (TPSA) is 37.4 Å². The maximum atomic E-state index is 11.2. The van der Waals surface area contributed by atoms with E-state index in [1.165, 1.54) is 12.1 Å². The fourth-order valence-corrected chi connectivity index (χ4v) is 2.53. The van der Waals surface area contributed by atoms with Gasteiger partial charge >= 0.3 is 0 Å². The highest BCUT2D eigenvalue weighted by molar-refractivity contribution is 8.13. The molecule has 0 spiro atoms. The second kappa shape index (κ2) is 5.23. The fraction of sp³-hybridized carbons (Fsp3) is 0.143. The van der Waals surface area contributed by atoms with Crippen LogP contribution in [0.3, 0.4) is 0 Å². The third-order valence-corrected chi connectivity index (χ3v) is 4.22. The number of hydrogen-bond donors (Lipinski definition) is 0. The summed E-state index contributed by atoms with van der Waals surface area (Å²) in [5.41, 5.74) is 3.10. The summed E-state index contributed by atoms with van der Waals surface area (Å²) < 4.78 is 22.3. The van der Waals surface area contributed by atoms with E-state index in [-0.39, 0.29) is 4.90 Å². The number of halogens is 1. The normalized spacial score (nSPS) is 11.3. The van der Waals surface area contributed by atoms with Crippen molar-refractivity contribution in [2.45, 2.75) is 4.90 Å². The van der Waals surface area contributed by atoms with Crippen molar-refractivity contribution in [2.24, 2.45) is 0 Å². The van der Waals surface area contributed by atoms with E-state index in [0.717, 1.165) is 16.8 Å². The van der Waals surface area contributed by atoms with Gasteiger partial charge in [-0.25, -0.2) is 8.42 Å². The summed E-state index contributed by atoms with van der Waals surface area (Å²) in [6.07, 6.45) is 0. The van der Waals surface area contributed by atoms with Crippen molar-refractivity contribution in [1.29, 1.82) is 0 Å². The predicted molar refractivity (Wildman–Crippen MR) is 79.2 cm³/mol. The largest absolute Gasteiger partial charge is 0.378 e. The highest BCUT2D eigenvalue weighted by Crippen LogP contribution is 2.24. The molecule has 0 saturated heterocycles. The van der Waals surface area contributed by atoms with Gasteiger partial charge in [0.15, 0.2) is 0 Å². The standard InChI is InChI=1S/C14H14ClNO2S/c1-16(2)13-7-3-11(4-8-13)12-5-9-14(10-6-12)19(15,17)18/h3-10H,1-2H3. The van der Waals surface area contributed by atoms with Gasteiger partial charge in [-0.3, -0.25) is 0 Å². The molecule has 19 heavy (non-hydrogen) atoms. The summed E-state index contributed by atoms with van der Waals surface area (Å²) in [5, 5.41) is 0. The molecule has 0 unspecified atom stereocenters. The van der Waals surface area contributed by atoms with E-state index in [1.807, 2.05) is 43.3 Å². The zero-order chi connectivity index (χ0) is 14.0. The maximum absolute atomic E-state index is 11.2. The highest BCUT2D eigenvalue weighted by Gasteiger charge is 2.09. The number of rotatable bonds is 3. The van der Waals surface area contributed by atoms with Gasteiger partial charge in [-0.15, -0.1) is 0 Å². The van der Waals surface area contributed by atoms with Gasteiger partial charge in [0, 0.05) is 30.5 Å². The summed E-state index contributed by atoms with van der Waals surface area (Å²) in [6.45, 7) is 0. The van der Waals surface area contributed by atoms with Crippen LogP contribution in [-0.4, -0.2) is 22.5 Å². The maximum Gasteiger partial charge on any atom is 0.261 e. The Balaban J connectivity index is 2.32. The van der Waals surface area contributed by atoms with Gasteiger partial charge in [0.05, 0.1) is 4.90 Å². The van der Waals surface area contributed by atoms with Gasteiger partial charge in [0.25, 0.3) is 9.05 Å². The van der Waals surface area contributed by atoms with E-state index in [0.29, 0.717) is 0 Å². The van der Waals surface area contributed by atoms with Crippen LogP contribution >= 0.6 is 10.7 Å². The zero-order valence-electron chi connectivity index (χ0n) is 10.7. The van der Waals surface area contributed by atoms with Crippen LogP contribution in [0.25, 0.3) is 11.1 Å². The van der Waals surface area contributed by atoms with Crippen molar-refractivity contribution >= 4 is 25.4 Å². The van der Waals surface area contributed by atoms with Gasteiger partial charge in [0.2, 0.25) is 0 Å². The third-order valence-electron chi connectivity index (χ3n) is 2.85. The monoisotopic (exact) mass is 295 g/mol. The van der Waals surface area contributed by atoms with E-state index in [2.05, 4.69) is 0 Å². The molecule has 3 nitrogen and oxygen atoms in total. The molecule has 0 fully saturated rings. The Kier molecular flexibility index (Phi) is 3.83. The molecule has 0 aliphatic carbocycles. The number of hydrogen-bond acceptors (Lipinski definition) is 3. The van der Waals surface area contributed by atoms with Crippen molar-refractivity contribution in [1.82, 2.24) is 0 Å². The molecule has 100 valence electrons. The molecule has 0 aliphatic heterocycles. The van der Waals surface area contributed by atoms with Gasteiger partial charge in [0.1, 0.15) is 0 Å². The lowest BCUT2D eigenvalue weighted by Gasteiger charge is -2.12. The molecule has 0 aliphatic rings. The summed E-state index contributed by atoms with van der Waals surface area (Å²) in [6, 6.07) is 14.6. The van der Waals surface area contributed by atoms with Crippen LogP contribution in [0.15, 0.2) is 53.4 Å². The predicted octanol–water partition coefficient (Wildman–Crippen LogP) is 3.35. The molecular formula is C14H14ClNO2S. The Hall–Kier alpha value is -1.52. The molecule has 0 atom stereocenters. The van der Waals surface area contributed by atoms with Gasteiger partial charge in [-0.2, -0.15) is 0 Å². The Morgan fingerprint density at radius 3 is 1.63 bits per heavy atom. The summed E-state index contributed by atoms with van der Waals surface area (Å²) in [7, 11) is 5.59. The summed E-state index contributed by atoms with van der Waals surface area (Å²) >= 11 is 0. The minimum atomic E-state index is -3.65. The van der Waals surface area contributed by atoms with Crippen molar-refractivity contribution in [2.75, 3.05) is 19.0 Å². The van der Waals surface area contributed by atoms with Crippen molar-refractivity contribution in [3.05, 3.63) is 48.5 Å². The second-order valence-corrected chi connectivity index (χ2v) is 6.97. The smallest absolute Gasteiger partial charge is 0.261 e. The van der Waals surface area contributed by atoms with E-state index in [1.54, 1.807) is 12.1 Å². The van der Waals surface area contributed by atoms with Crippen LogP contribution in [0.2, 0.25) is 0 Å². The van der Waals surface area contributed by atoms with E-state index < -0.39 is 9.05 Å². The molecule has 2 aromatic carbocycles. The minimum absolute atomic E-state index is 0.114.